The van der Waals surface area contributed by atoms with Gasteiger partial charge in [0.15, 0.2) is 5.82 Å². The first-order chi connectivity index (χ1) is 11.6. The first-order valence-electron chi connectivity index (χ1n) is 8.43. The van der Waals surface area contributed by atoms with Gasteiger partial charge in [0, 0.05) is 32.1 Å². The van der Waals surface area contributed by atoms with Gasteiger partial charge in [-0.05, 0) is 38.8 Å². The molecule has 24 heavy (non-hydrogen) atoms. The number of piperazine rings is 1. The summed E-state index contributed by atoms with van der Waals surface area (Å²) in [7, 11) is 0. The number of aryl methyl sites for hydroxylation is 2. The van der Waals surface area contributed by atoms with Crippen molar-refractivity contribution in [2.75, 3.05) is 31.1 Å². The van der Waals surface area contributed by atoms with Crippen molar-refractivity contribution in [2.45, 2.75) is 32.6 Å². The van der Waals surface area contributed by atoms with Crippen molar-refractivity contribution in [3.63, 3.8) is 0 Å². The summed E-state index contributed by atoms with van der Waals surface area (Å²) in [5.41, 5.74) is 1.95. The monoisotopic (exact) mass is 343 g/mol. The maximum absolute atomic E-state index is 12.7. The summed E-state index contributed by atoms with van der Waals surface area (Å²) in [5.74, 6) is 1.65. The van der Waals surface area contributed by atoms with E-state index in [1.54, 1.807) is 0 Å². The number of thiazole rings is 1. The minimum absolute atomic E-state index is 0.105. The fourth-order valence-corrected chi connectivity index (χ4v) is 4.00. The highest BCUT2D eigenvalue weighted by Gasteiger charge is 2.27. The van der Waals surface area contributed by atoms with Crippen LogP contribution in [0.1, 0.15) is 44.8 Å². The van der Waals surface area contributed by atoms with Crippen LogP contribution in [0.3, 0.4) is 0 Å². The highest BCUT2D eigenvalue weighted by atomic mass is 32.1. The van der Waals surface area contributed by atoms with Crippen LogP contribution in [0.2, 0.25) is 0 Å². The molecule has 0 aromatic carbocycles. The van der Waals surface area contributed by atoms with E-state index in [0.29, 0.717) is 19.0 Å². The van der Waals surface area contributed by atoms with Crippen LogP contribution in [-0.2, 0) is 0 Å². The molecule has 2 aromatic rings. The van der Waals surface area contributed by atoms with Gasteiger partial charge in [0.1, 0.15) is 4.88 Å². The SMILES string of the molecule is Cc1nc(C)c(C(=O)N2CCN(c3ccc(C4CC4)nn3)CC2)s1. The molecule has 1 saturated carbocycles. The van der Waals surface area contributed by atoms with E-state index >= 15 is 0 Å². The Labute approximate surface area is 145 Å². The van der Waals surface area contributed by atoms with Crippen LogP contribution < -0.4 is 4.90 Å². The number of amides is 1. The molecule has 0 bridgehead atoms. The van der Waals surface area contributed by atoms with Crippen LogP contribution in [0.15, 0.2) is 12.1 Å². The number of hydrogen-bond donors (Lipinski definition) is 0. The van der Waals surface area contributed by atoms with Crippen molar-refractivity contribution in [3.05, 3.63) is 33.4 Å². The lowest BCUT2D eigenvalue weighted by Gasteiger charge is -2.35. The molecule has 6 nitrogen and oxygen atoms in total. The zero-order chi connectivity index (χ0) is 16.7. The number of hydrogen-bond acceptors (Lipinski definition) is 6. The largest absolute Gasteiger partial charge is 0.352 e. The Morgan fingerprint density at radius 1 is 1.12 bits per heavy atom. The van der Waals surface area contributed by atoms with E-state index < -0.39 is 0 Å². The van der Waals surface area contributed by atoms with Gasteiger partial charge in [0.05, 0.1) is 16.4 Å². The van der Waals surface area contributed by atoms with Crippen molar-refractivity contribution in [1.82, 2.24) is 20.1 Å². The average molecular weight is 343 g/mol. The van der Waals surface area contributed by atoms with E-state index in [1.807, 2.05) is 18.7 Å². The normalized spacial score (nSPS) is 18.1. The quantitative estimate of drug-likeness (QED) is 0.856. The van der Waals surface area contributed by atoms with Gasteiger partial charge in [-0.3, -0.25) is 4.79 Å². The fourth-order valence-electron chi connectivity index (χ4n) is 3.11. The van der Waals surface area contributed by atoms with Crippen molar-refractivity contribution >= 4 is 23.1 Å². The van der Waals surface area contributed by atoms with Gasteiger partial charge >= 0.3 is 0 Å². The Bertz CT molecular complexity index is 745. The predicted molar refractivity (Wildman–Crippen MR) is 93.7 cm³/mol. The van der Waals surface area contributed by atoms with Crippen LogP contribution in [-0.4, -0.2) is 52.2 Å². The topological polar surface area (TPSA) is 62.2 Å². The second-order valence-electron chi connectivity index (χ2n) is 6.52. The van der Waals surface area contributed by atoms with Crippen molar-refractivity contribution in [1.29, 1.82) is 0 Å². The van der Waals surface area contributed by atoms with Gasteiger partial charge in [-0.2, -0.15) is 5.10 Å². The van der Waals surface area contributed by atoms with E-state index in [-0.39, 0.29) is 5.91 Å². The van der Waals surface area contributed by atoms with Gasteiger partial charge in [0.25, 0.3) is 5.91 Å². The number of carbonyl (C=O) groups is 1. The number of rotatable bonds is 3. The Kier molecular flexibility index (Phi) is 3.96. The number of nitrogens with zero attached hydrogens (tertiary/aromatic N) is 5. The highest BCUT2D eigenvalue weighted by Crippen LogP contribution is 2.38. The molecule has 1 aliphatic carbocycles. The Hall–Kier alpha value is -2.02. The van der Waals surface area contributed by atoms with Crippen LogP contribution in [0, 0.1) is 13.8 Å². The molecule has 0 spiro atoms. The lowest BCUT2D eigenvalue weighted by Crippen LogP contribution is -2.49. The minimum atomic E-state index is 0.105. The summed E-state index contributed by atoms with van der Waals surface area (Å²) in [6.07, 6.45) is 2.48. The van der Waals surface area contributed by atoms with Crippen LogP contribution in [0.4, 0.5) is 5.82 Å². The van der Waals surface area contributed by atoms with E-state index in [1.165, 1.54) is 24.2 Å². The standard InChI is InChI=1S/C17H21N5OS/c1-11-16(24-12(2)18-11)17(23)22-9-7-21(8-10-22)15-6-5-14(19-20-15)13-3-4-13/h5-6,13H,3-4,7-10H2,1-2H3. The van der Waals surface area contributed by atoms with E-state index in [4.69, 9.17) is 0 Å². The molecule has 2 aliphatic rings. The summed E-state index contributed by atoms with van der Waals surface area (Å²) in [6, 6.07) is 4.16. The molecule has 0 atom stereocenters. The molecule has 1 aliphatic heterocycles. The van der Waals surface area contributed by atoms with E-state index in [9.17, 15) is 4.79 Å². The first kappa shape index (κ1) is 15.5. The maximum Gasteiger partial charge on any atom is 0.265 e. The molecular formula is C17H21N5OS. The predicted octanol–water partition coefficient (Wildman–Crippen LogP) is 2.39. The number of aromatic nitrogens is 3. The van der Waals surface area contributed by atoms with Crippen LogP contribution in [0.25, 0.3) is 0 Å². The van der Waals surface area contributed by atoms with Crippen molar-refractivity contribution in [2.24, 2.45) is 0 Å². The third kappa shape index (κ3) is 3.00. The lowest BCUT2D eigenvalue weighted by atomic mass is 10.2. The molecule has 4 rings (SSSR count). The Balaban J connectivity index is 1.39. The molecule has 1 amide bonds. The first-order valence-corrected chi connectivity index (χ1v) is 9.25. The number of carbonyl (C=O) groups excluding carboxylic acids is 1. The van der Waals surface area contributed by atoms with Crippen LogP contribution in [0.5, 0.6) is 0 Å². The second kappa shape index (κ2) is 6.12. The third-order valence-electron chi connectivity index (χ3n) is 4.66. The van der Waals surface area contributed by atoms with Gasteiger partial charge in [-0.15, -0.1) is 16.4 Å². The minimum Gasteiger partial charge on any atom is -0.352 e. The molecule has 3 heterocycles. The fraction of sp³-hybridized carbons (Fsp3) is 0.529. The third-order valence-corrected chi connectivity index (χ3v) is 5.72. The zero-order valence-electron chi connectivity index (χ0n) is 14.0. The Morgan fingerprint density at radius 2 is 1.88 bits per heavy atom. The average Bonchev–Trinajstić information content (AvgIpc) is 3.39. The molecule has 7 heteroatoms. The highest BCUT2D eigenvalue weighted by molar-refractivity contribution is 7.13. The summed E-state index contributed by atoms with van der Waals surface area (Å²) in [4.78, 5) is 21.9. The maximum atomic E-state index is 12.7. The van der Waals surface area contributed by atoms with E-state index in [2.05, 4.69) is 32.2 Å². The van der Waals surface area contributed by atoms with Crippen molar-refractivity contribution in [3.8, 4) is 0 Å². The summed E-state index contributed by atoms with van der Waals surface area (Å²) in [6.45, 7) is 6.85. The molecule has 1 saturated heterocycles. The van der Waals surface area contributed by atoms with Gasteiger partial charge in [0.2, 0.25) is 0 Å². The molecular weight excluding hydrogens is 322 g/mol. The second-order valence-corrected chi connectivity index (χ2v) is 7.72. The van der Waals surface area contributed by atoms with Crippen LogP contribution >= 0.6 is 11.3 Å². The molecule has 0 unspecified atom stereocenters. The molecule has 126 valence electrons. The van der Waals surface area contributed by atoms with E-state index in [0.717, 1.165) is 40.2 Å². The molecule has 2 aromatic heterocycles. The summed E-state index contributed by atoms with van der Waals surface area (Å²) >= 11 is 1.49. The Morgan fingerprint density at radius 3 is 2.42 bits per heavy atom. The summed E-state index contributed by atoms with van der Waals surface area (Å²) < 4.78 is 0. The molecule has 0 radical (unpaired) electrons. The summed E-state index contributed by atoms with van der Waals surface area (Å²) in [5, 5.41) is 9.67. The molecule has 2 fully saturated rings. The lowest BCUT2D eigenvalue weighted by molar-refractivity contribution is 0.0750. The van der Waals surface area contributed by atoms with Gasteiger partial charge < -0.3 is 9.80 Å². The number of anilines is 1. The van der Waals surface area contributed by atoms with Crippen molar-refractivity contribution < 1.29 is 4.79 Å². The molecule has 0 N–H and O–H groups in total. The zero-order valence-corrected chi connectivity index (χ0v) is 14.8. The van der Waals surface area contributed by atoms with Gasteiger partial charge in [-0.25, -0.2) is 4.98 Å². The smallest absolute Gasteiger partial charge is 0.265 e. The van der Waals surface area contributed by atoms with Gasteiger partial charge in [-0.1, -0.05) is 0 Å².